The Labute approximate surface area is 121 Å². The van der Waals surface area contributed by atoms with Crippen molar-refractivity contribution in [2.24, 2.45) is 5.92 Å². The van der Waals surface area contributed by atoms with E-state index in [1.807, 2.05) is 6.92 Å². The van der Waals surface area contributed by atoms with Crippen LogP contribution in [-0.2, 0) is 16.1 Å². The van der Waals surface area contributed by atoms with E-state index in [1.54, 1.807) is 6.07 Å². The average molecular weight is 300 g/mol. The molecule has 20 heavy (non-hydrogen) atoms. The maximum absolute atomic E-state index is 13.8. The molecule has 2 unspecified atom stereocenters. The first-order valence-corrected chi connectivity index (χ1v) is 6.71. The van der Waals surface area contributed by atoms with Crippen molar-refractivity contribution in [3.63, 3.8) is 0 Å². The van der Waals surface area contributed by atoms with Crippen molar-refractivity contribution in [2.45, 2.75) is 32.4 Å². The van der Waals surface area contributed by atoms with Crippen LogP contribution in [0.4, 0.5) is 4.39 Å². The lowest BCUT2D eigenvalue weighted by molar-refractivity contribution is -0.139. The van der Waals surface area contributed by atoms with Gasteiger partial charge in [-0.25, -0.2) is 4.39 Å². The van der Waals surface area contributed by atoms with Gasteiger partial charge in [-0.1, -0.05) is 24.6 Å². The Hall–Kier alpha value is -1.62. The van der Waals surface area contributed by atoms with Gasteiger partial charge in [-0.3, -0.25) is 9.59 Å². The normalized spacial score (nSPS) is 22.4. The van der Waals surface area contributed by atoms with Gasteiger partial charge in [-0.15, -0.1) is 0 Å². The predicted molar refractivity (Wildman–Crippen MR) is 71.8 cm³/mol. The van der Waals surface area contributed by atoms with Crippen LogP contribution in [-0.4, -0.2) is 27.9 Å². The van der Waals surface area contributed by atoms with Crippen LogP contribution in [0, 0.1) is 11.7 Å². The van der Waals surface area contributed by atoms with Crippen LogP contribution in [0.15, 0.2) is 18.2 Å². The van der Waals surface area contributed by atoms with E-state index < -0.39 is 17.8 Å². The molecule has 0 spiro atoms. The fourth-order valence-electron chi connectivity index (χ4n) is 2.55. The highest BCUT2D eigenvalue weighted by molar-refractivity contribution is 6.30. The zero-order chi connectivity index (χ0) is 14.9. The molecule has 0 aliphatic carbocycles. The molecule has 1 fully saturated rings. The number of likely N-dealkylation sites (tertiary alicyclic amines) is 1. The van der Waals surface area contributed by atoms with Crippen LogP contribution in [0.1, 0.15) is 25.3 Å². The number of hydrogen-bond acceptors (Lipinski definition) is 2. The number of hydrogen-bond donors (Lipinski definition) is 1. The Morgan fingerprint density at radius 3 is 2.85 bits per heavy atom. The van der Waals surface area contributed by atoms with E-state index in [-0.39, 0.29) is 29.8 Å². The molecule has 1 aromatic carbocycles. The van der Waals surface area contributed by atoms with Gasteiger partial charge < -0.3 is 10.0 Å². The Morgan fingerprint density at radius 1 is 1.55 bits per heavy atom. The van der Waals surface area contributed by atoms with Gasteiger partial charge >= 0.3 is 5.97 Å². The number of nitrogens with zero attached hydrogens (tertiary/aromatic N) is 1. The number of carboxylic acids is 1. The van der Waals surface area contributed by atoms with Gasteiger partial charge in [0.25, 0.3) is 0 Å². The van der Waals surface area contributed by atoms with Crippen molar-refractivity contribution >= 4 is 23.5 Å². The second-order valence-corrected chi connectivity index (χ2v) is 5.54. The molecule has 1 heterocycles. The molecule has 4 nitrogen and oxygen atoms in total. The first-order chi connectivity index (χ1) is 9.38. The largest absolute Gasteiger partial charge is 0.481 e. The van der Waals surface area contributed by atoms with E-state index >= 15 is 0 Å². The topological polar surface area (TPSA) is 57.6 Å². The molecule has 2 rings (SSSR count). The van der Waals surface area contributed by atoms with E-state index in [1.165, 1.54) is 17.0 Å². The number of amides is 1. The molecular formula is C14H15ClFNO3. The number of halogens is 2. The van der Waals surface area contributed by atoms with Gasteiger partial charge in [-0.05, 0) is 18.1 Å². The summed E-state index contributed by atoms with van der Waals surface area (Å²) in [6, 6.07) is 3.87. The first-order valence-electron chi connectivity index (χ1n) is 6.33. The zero-order valence-electron chi connectivity index (χ0n) is 11.0. The van der Waals surface area contributed by atoms with Gasteiger partial charge in [0.2, 0.25) is 5.91 Å². The van der Waals surface area contributed by atoms with Crippen molar-refractivity contribution in [3.8, 4) is 0 Å². The SMILES string of the molecule is CC1CC(=O)N(Cc2ccc(Cl)cc2F)C1CC(=O)O. The zero-order valence-corrected chi connectivity index (χ0v) is 11.7. The monoisotopic (exact) mass is 299 g/mol. The molecule has 1 aliphatic heterocycles. The molecule has 1 aliphatic rings. The Kier molecular flexibility index (Phi) is 4.28. The summed E-state index contributed by atoms with van der Waals surface area (Å²) in [5.41, 5.74) is 0.340. The van der Waals surface area contributed by atoms with Crippen LogP contribution in [0.25, 0.3) is 0 Å². The Bertz CT molecular complexity index is 549. The first kappa shape index (κ1) is 14.8. The molecule has 1 amide bonds. The standard InChI is InChI=1S/C14H15ClFNO3/c1-8-4-13(18)17(12(8)6-14(19)20)7-9-2-3-10(15)5-11(9)16/h2-3,5,8,12H,4,6-7H2,1H3,(H,19,20). The molecule has 0 saturated carbocycles. The maximum Gasteiger partial charge on any atom is 0.305 e. The lowest BCUT2D eigenvalue weighted by atomic mass is 10.00. The van der Waals surface area contributed by atoms with Gasteiger partial charge in [0, 0.05) is 29.6 Å². The van der Waals surface area contributed by atoms with Crippen LogP contribution < -0.4 is 0 Å². The van der Waals surface area contributed by atoms with E-state index in [2.05, 4.69) is 0 Å². The van der Waals surface area contributed by atoms with Gasteiger partial charge in [-0.2, -0.15) is 0 Å². The van der Waals surface area contributed by atoms with E-state index in [9.17, 15) is 14.0 Å². The minimum atomic E-state index is -0.960. The number of benzene rings is 1. The highest BCUT2D eigenvalue weighted by Gasteiger charge is 2.38. The molecule has 6 heteroatoms. The molecule has 1 saturated heterocycles. The summed E-state index contributed by atoms with van der Waals surface area (Å²) in [6.07, 6.45) is 0.176. The summed E-state index contributed by atoms with van der Waals surface area (Å²) in [7, 11) is 0. The number of carbonyl (C=O) groups is 2. The van der Waals surface area contributed by atoms with Crippen molar-refractivity contribution in [3.05, 3.63) is 34.6 Å². The van der Waals surface area contributed by atoms with Crippen LogP contribution >= 0.6 is 11.6 Å². The third kappa shape index (κ3) is 3.10. The summed E-state index contributed by atoms with van der Waals surface area (Å²) in [5, 5.41) is 9.21. The molecule has 2 atom stereocenters. The van der Waals surface area contributed by atoms with Gasteiger partial charge in [0.05, 0.1) is 6.42 Å². The van der Waals surface area contributed by atoms with Crippen molar-refractivity contribution < 1.29 is 19.1 Å². The maximum atomic E-state index is 13.8. The number of aliphatic carboxylic acids is 1. The van der Waals surface area contributed by atoms with Gasteiger partial charge in [0.15, 0.2) is 0 Å². The number of carbonyl (C=O) groups excluding carboxylic acids is 1. The molecule has 1 N–H and O–H groups in total. The van der Waals surface area contributed by atoms with E-state index in [0.29, 0.717) is 12.0 Å². The lowest BCUT2D eigenvalue weighted by Crippen LogP contribution is -2.36. The highest BCUT2D eigenvalue weighted by atomic mass is 35.5. The summed E-state index contributed by atoms with van der Waals surface area (Å²) in [5.74, 6) is -1.64. The Morgan fingerprint density at radius 2 is 2.25 bits per heavy atom. The van der Waals surface area contributed by atoms with Crippen LogP contribution in [0.3, 0.4) is 0 Å². The second-order valence-electron chi connectivity index (χ2n) is 5.10. The van der Waals surface area contributed by atoms with Crippen molar-refractivity contribution in [1.29, 1.82) is 0 Å². The number of carboxylic acid groups (broad SMARTS) is 1. The Balaban J connectivity index is 2.20. The quantitative estimate of drug-likeness (QED) is 0.930. The number of rotatable bonds is 4. The third-order valence-electron chi connectivity index (χ3n) is 3.61. The predicted octanol–water partition coefficient (Wildman–Crippen LogP) is 2.69. The summed E-state index contributed by atoms with van der Waals surface area (Å²) in [6.45, 7) is 1.91. The van der Waals surface area contributed by atoms with E-state index in [4.69, 9.17) is 16.7 Å². The summed E-state index contributed by atoms with van der Waals surface area (Å²) >= 11 is 5.68. The molecule has 0 aromatic heterocycles. The molecule has 0 radical (unpaired) electrons. The highest BCUT2D eigenvalue weighted by Crippen LogP contribution is 2.30. The third-order valence-corrected chi connectivity index (χ3v) is 3.85. The minimum Gasteiger partial charge on any atom is -0.481 e. The minimum absolute atomic E-state index is 0.0473. The smallest absolute Gasteiger partial charge is 0.305 e. The fourth-order valence-corrected chi connectivity index (χ4v) is 2.71. The summed E-state index contributed by atoms with van der Waals surface area (Å²) < 4.78 is 13.8. The van der Waals surface area contributed by atoms with Gasteiger partial charge in [0.1, 0.15) is 5.82 Å². The molecular weight excluding hydrogens is 285 g/mol. The van der Waals surface area contributed by atoms with Crippen LogP contribution in [0.2, 0.25) is 5.02 Å². The molecule has 1 aromatic rings. The average Bonchev–Trinajstić information content (AvgIpc) is 2.58. The van der Waals surface area contributed by atoms with E-state index in [0.717, 1.165) is 0 Å². The van der Waals surface area contributed by atoms with Crippen LogP contribution in [0.5, 0.6) is 0 Å². The lowest BCUT2D eigenvalue weighted by Gasteiger charge is -2.26. The van der Waals surface area contributed by atoms with Crippen molar-refractivity contribution in [1.82, 2.24) is 4.90 Å². The molecule has 108 valence electrons. The fraction of sp³-hybridized carbons (Fsp3) is 0.429. The second kappa shape index (κ2) is 5.79. The summed E-state index contributed by atoms with van der Waals surface area (Å²) in [4.78, 5) is 24.3. The molecule has 0 bridgehead atoms. The van der Waals surface area contributed by atoms with Crippen molar-refractivity contribution in [2.75, 3.05) is 0 Å².